The van der Waals surface area contributed by atoms with E-state index in [4.69, 9.17) is 16.3 Å². The maximum absolute atomic E-state index is 10.6. The van der Waals surface area contributed by atoms with E-state index in [2.05, 4.69) is 15.9 Å². The quantitative estimate of drug-likeness (QED) is 0.600. The van der Waals surface area contributed by atoms with Crippen molar-refractivity contribution in [2.24, 2.45) is 0 Å². The van der Waals surface area contributed by atoms with Crippen LogP contribution in [0.1, 0.15) is 0 Å². The largest absolute Gasteiger partial charge is 0.456 e. The van der Waals surface area contributed by atoms with Crippen molar-refractivity contribution in [2.45, 2.75) is 0 Å². The molecule has 0 aliphatic rings. The number of ether oxygens (including phenoxy) is 1. The first kappa shape index (κ1) is 12.9. The number of nitro benzene ring substituents is 1. The molecule has 0 fully saturated rings. The lowest BCUT2D eigenvalue weighted by atomic mass is 10.3. The SMILES string of the molecule is O=[N+]([O-])c1ccc(Oc2ccc(Br)cc2)c(Cl)c1. The molecule has 0 saturated heterocycles. The van der Waals surface area contributed by atoms with Gasteiger partial charge in [-0.15, -0.1) is 0 Å². The number of non-ortho nitro benzene ring substituents is 1. The highest BCUT2D eigenvalue weighted by molar-refractivity contribution is 9.10. The van der Waals surface area contributed by atoms with Gasteiger partial charge < -0.3 is 4.74 Å². The fourth-order valence-electron chi connectivity index (χ4n) is 1.32. The molecule has 0 heterocycles. The van der Waals surface area contributed by atoms with Gasteiger partial charge in [0.1, 0.15) is 11.5 Å². The first-order valence-electron chi connectivity index (χ1n) is 4.93. The van der Waals surface area contributed by atoms with Crippen molar-refractivity contribution in [3.05, 3.63) is 62.1 Å². The minimum Gasteiger partial charge on any atom is -0.456 e. The molecule has 0 radical (unpaired) electrons. The first-order valence-corrected chi connectivity index (χ1v) is 6.11. The van der Waals surface area contributed by atoms with Gasteiger partial charge in [-0.2, -0.15) is 0 Å². The van der Waals surface area contributed by atoms with Gasteiger partial charge in [-0.25, -0.2) is 0 Å². The summed E-state index contributed by atoms with van der Waals surface area (Å²) in [6.07, 6.45) is 0. The first-order chi connectivity index (χ1) is 8.56. The zero-order chi connectivity index (χ0) is 13.1. The molecule has 0 saturated carbocycles. The average molecular weight is 329 g/mol. The summed E-state index contributed by atoms with van der Waals surface area (Å²) >= 11 is 9.23. The van der Waals surface area contributed by atoms with Crippen LogP contribution in [0.5, 0.6) is 11.5 Å². The minimum atomic E-state index is -0.505. The molecule has 18 heavy (non-hydrogen) atoms. The van der Waals surface area contributed by atoms with Crippen molar-refractivity contribution in [2.75, 3.05) is 0 Å². The van der Waals surface area contributed by atoms with Gasteiger partial charge in [0.2, 0.25) is 0 Å². The number of nitrogens with zero attached hydrogens (tertiary/aromatic N) is 1. The van der Waals surface area contributed by atoms with Crippen molar-refractivity contribution in [1.29, 1.82) is 0 Å². The third-order valence-electron chi connectivity index (χ3n) is 2.17. The van der Waals surface area contributed by atoms with Gasteiger partial charge in [0.25, 0.3) is 5.69 Å². The van der Waals surface area contributed by atoms with Crippen LogP contribution in [-0.4, -0.2) is 4.92 Å². The monoisotopic (exact) mass is 327 g/mol. The predicted octanol–water partition coefficient (Wildman–Crippen LogP) is 4.80. The number of hydrogen-bond acceptors (Lipinski definition) is 3. The van der Waals surface area contributed by atoms with Gasteiger partial charge in [-0.1, -0.05) is 27.5 Å². The Balaban J connectivity index is 2.24. The van der Waals surface area contributed by atoms with Gasteiger partial charge in [-0.3, -0.25) is 10.1 Å². The second-order valence-electron chi connectivity index (χ2n) is 3.43. The second kappa shape index (κ2) is 5.37. The standard InChI is InChI=1S/C12H7BrClNO3/c13-8-1-4-10(5-2-8)18-12-6-3-9(15(16)17)7-11(12)14/h1-7H. The summed E-state index contributed by atoms with van der Waals surface area (Å²) in [5.41, 5.74) is -0.0665. The van der Waals surface area contributed by atoms with Crippen LogP contribution in [0.2, 0.25) is 5.02 Å². The maximum Gasteiger partial charge on any atom is 0.271 e. The zero-order valence-corrected chi connectivity index (χ0v) is 11.3. The molecule has 2 rings (SSSR count). The van der Waals surface area contributed by atoms with Gasteiger partial charge in [0, 0.05) is 16.6 Å². The van der Waals surface area contributed by atoms with Crippen LogP contribution in [-0.2, 0) is 0 Å². The van der Waals surface area contributed by atoms with Gasteiger partial charge in [0.15, 0.2) is 0 Å². The molecular formula is C12H7BrClNO3. The van der Waals surface area contributed by atoms with Crippen LogP contribution in [0.15, 0.2) is 46.9 Å². The highest BCUT2D eigenvalue weighted by Crippen LogP contribution is 2.32. The Kier molecular flexibility index (Phi) is 3.84. The van der Waals surface area contributed by atoms with Crippen LogP contribution in [0.4, 0.5) is 5.69 Å². The van der Waals surface area contributed by atoms with Gasteiger partial charge >= 0.3 is 0 Å². The molecule has 2 aromatic rings. The van der Waals surface area contributed by atoms with Crippen LogP contribution in [0.3, 0.4) is 0 Å². The molecule has 0 N–H and O–H groups in total. The van der Waals surface area contributed by atoms with E-state index in [1.165, 1.54) is 18.2 Å². The van der Waals surface area contributed by atoms with E-state index in [9.17, 15) is 10.1 Å². The smallest absolute Gasteiger partial charge is 0.271 e. The zero-order valence-electron chi connectivity index (χ0n) is 8.97. The average Bonchev–Trinajstić information content (AvgIpc) is 2.34. The van der Waals surface area contributed by atoms with E-state index < -0.39 is 4.92 Å². The predicted molar refractivity (Wildman–Crippen MR) is 72.3 cm³/mol. The van der Waals surface area contributed by atoms with Crippen molar-refractivity contribution >= 4 is 33.2 Å². The number of nitro groups is 1. The van der Waals surface area contributed by atoms with Crippen molar-refractivity contribution in [3.8, 4) is 11.5 Å². The molecule has 0 bridgehead atoms. The Bertz CT molecular complexity index is 586. The molecule has 0 aliphatic carbocycles. The Hall–Kier alpha value is -1.59. The summed E-state index contributed by atoms with van der Waals surface area (Å²) in [5.74, 6) is 0.985. The number of benzene rings is 2. The van der Waals surface area contributed by atoms with Crippen molar-refractivity contribution in [1.82, 2.24) is 0 Å². The lowest BCUT2D eigenvalue weighted by Crippen LogP contribution is -1.89. The summed E-state index contributed by atoms with van der Waals surface area (Å²) in [6, 6.07) is 11.3. The van der Waals surface area contributed by atoms with Crippen molar-refractivity contribution in [3.63, 3.8) is 0 Å². The van der Waals surface area contributed by atoms with Gasteiger partial charge in [-0.05, 0) is 30.3 Å². The van der Waals surface area contributed by atoms with E-state index >= 15 is 0 Å². The van der Waals surface area contributed by atoms with E-state index in [0.717, 1.165) is 4.47 Å². The summed E-state index contributed by atoms with van der Waals surface area (Å²) in [7, 11) is 0. The highest BCUT2D eigenvalue weighted by atomic mass is 79.9. The second-order valence-corrected chi connectivity index (χ2v) is 4.75. The minimum absolute atomic E-state index is 0.0665. The lowest BCUT2D eigenvalue weighted by molar-refractivity contribution is -0.384. The van der Waals surface area contributed by atoms with E-state index in [0.29, 0.717) is 11.5 Å². The van der Waals surface area contributed by atoms with E-state index in [1.807, 2.05) is 12.1 Å². The molecule has 0 unspecified atom stereocenters. The molecule has 0 aliphatic heterocycles. The fourth-order valence-corrected chi connectivity index (χ4v) is 1.79. The summed E-state index contributed by atoms with van der Waals surface area (Å²) < 4.78 is 6.46. The summed E-state index contributed by atoms with van der Waals surface area (Å²) in [5, 5.41) is 10.8. The fraction of sp³-hybridized carbons (Fsp3) is 0. The molecular weight excluding hydrogens is 321 g/mol. The normalized spacial score (nSPS) is 10.1. The van der Waals surface area contributed by atoms with Gasteiger partial charge in [0.05, 0.1) is 9.95 Å². The summed E-state index contributed by atoms with van der Waals surface area (Å²) in [6.45, 7) is 0. The number of hydrogen-bond donors (Lipinski definition) is 0. The summed E-state index contributed by atoms with van der Waals surface area (Å²) in [4.78, 5) is 10.1. The van der Waals surface area contributed by atoms with Crippen LogP contribution < -0.4 is 4.74 Å². The van der Waals surface area contributed by atoms with Crippen LogP contribution in [0, 0.1) is 10.1 Å². The Morgan fingerprint density at radius 3 is 2.39 bits per heavy atom. The third kappa shape index (κ3) is 3.00. The molecule has 6 heteroatoms. The Labute approximate surface area is 116 Å². The van der Waals surface area contributed by atoms with E-state index in [1.54, 1.807) is 12.1 Å². The van der Waals surface area contributed by atoms with Crippen molar-refractivity contribution < 1.29 is 9.66 Å². The van der Waals surface area contributed by atoms with Crippen LogP contribution in [0.25, 0.3) is 0 Å². The molecule has 92 valence electrons. The molecule has 0 aromatic heterocycles. The maximum atomic E-state index is 10.6. The molecule has 4 nitrogen and oxygen atoms in total. The molecule has 0 spiro atoms. The molecule has 2 aromatic carbocycles. The third-order valence-corrected chi connectivity index (χ3v) is 2.99. The number of rotatable bonds is 3. The Morgan fingerprint density at radius 2 is 1.83 bits per heavy atom. The lowest BCUT2D eigenvalue weighted by Gasteiger charge is -2.07. The van der Waals surface area contributed by atoms with Crippen LogP contribution >= 0.6 is 27.5 Å². The van der Waals surface area contributed by atoms with E-state index in [-0.39, 0.29) is 10.7 Å². The highest BCUT2D eigenvalue weighted by Gasteiger charge is 2.10. The molecule has 0 amide bonds. The number of halogens is 2. The molecule has 0 atom stereocenters. The topological polar surface area (TPSA) is 52.4 Å². The Morgan fingerprint density at radius 1 is 1.17 bits per heavy atom.